The lowest BCUT2D eigenvalue weighted by molar-refractivity contribution is -0.128. The van der Waals surface area contributed by atoms with Crippen molar-refractivity contribution in [1.82, 2.24) is 5.32 Å². The van der Waals surface area contributed by atoms with Gasteiger partial charge in [-0.1, -0.05) is 0 Å². The lowest BCUT2D eigenvalue weighted by Gasteiger charge is -2.22. The van der Waals surface area contributed by atoms with Crippen LogP contribution in [0.15, 0.2) is 22.7 Å². The molecule has 0 bridgehead atoms. The first-order valence-corrected chi connectivity index (χ1v) is 6.46. The molecule has 1 fully saturated rings. The summed E-state index contributed by atoms with van der Waals surface area (Å²) in [5.74, 6) is 0.586. The van der Waals surface area contributed by atoms with Crippen molar-refractivity contribution in [2.75, 3.05) is 32.1 Å². The van der Waals surface area contributed by atoms with E-state index < -0.39 is 6.10 Å². The average molecular weight is 352 g/mol. The Morgan fingerprint density at radius 3 is 2.95 bits per heavy atom. The van der Waals surface area contributed by atoms with Crippen LogP contribution >= 0.6 is 28.3 Å². The van der Waals surface area contributed by atoms with E-state index in [-0.39, 0.29) is 18.3 Å². The molecule has 1 aliphatic rings. The van der Waals surface area contributed by atoms with Crippen molar-refractivity contribution >= 4 is 39.9 Å². The van der Waals surface area contributed by atoms with E-state index in [4.69, 9.17) is 9.47 Å². The van der Waals surface area contributed by atoms with Crippen molar-refractivity contribution in [3.8, 4) is 5.75 Å². The fourth-order valence-electron chi connectivity index (χ4n) is 1.70. The van der Waals surface area contributed by atoms with Gasteiger partial charge in [0.15, 0.2) is 0 Å². The molecule has 0 saturated carbocycles. The maximum absolute atomic E-state index is 11.9. The van der Waals surface area contributed by atoms with Gasteiger partial charge in [0, 0.05) is 18.8 Å². The predicted octanol–water partition coefficient (Wildman–Crippen LogP) is 1.81. The Bertz CT molecular complexity index is 439. The maximum Gasteiger partial charge on any atom is 0.254 e. The molecular weight excluding hydrogens is 336 g/mol. The third-order valence-corrected chi connectivity index (χ3v) is 3.26. The number of rotatable bonds is 3. The van der Waals surface area contributed by atoms with Crippen molar-refractivity contribution in [2.45, 2.75) is 6.10 Å². The van der Waals surface area contributed by atoms with Gasteiger partial charge < -0.3 is 20.1 Å². The van der Waals surface area contributed by atoms with Crippen molar-refractivity contribution < 1.29 is 14.3 Å². The molecule has 1 saturated heterocycles. The second-order valence-electron chi connectivity index (χ2n) is 3.90. The van der Waals surface area contributed by atoms with Gasteiger partial charge >= 0.3 is 0 Å². The Morgan fingerprint density at radius 2 is 2.37 bits per heavy atom. The molecule has 0 radical (unpaired) electrons. The van der Waals surface area contributed by atoms with E-state index in [2.05, 4.69) is 26.6 Å². The topological polar surface area (TPSA) is 59.6 Å². The molecule has 1 aromatic carbocycles. The molecule has 106 valence electrons. The summed E-state index contributed by atoms with van der Waals surface area (Å²) in [4.78, 5) is 11.9. The second-order valence-corrected chi connectivity index (χ2v) is 4.76. The zero-order chi connectivity index (χ0) is 13.0. The van der Waals surface area contributed by atoms with Gasteiger partial charge in [-0.25, -0.2) is 0 Å². The zero-order valence-electron chi connectivity index (χ0n) is 10.4. The number of methoxy groups -OCH3 is 1. The van der Waals surface area contributed by atoms with E-state index in [9.17, 15) is 4.79 Å². The molecule has 0 aromatic heterocycles. The fourth-order valence-corrected chi connectivity index (χ4v) is 2.24. The fraction of sp³-hybridized carbons (Fsp3) is 0.417. The first-order valence-electron chi connectivity index (χ1n) is 5.67. The summed E-state index contributed by atoms with van der Waals surface area (Å²) < 4.78 is 11.3. The van der Waals surface area contributed by atoms with E-state index in [1.54, 1.807) is 25.3 Å². The van der Waals surface area contributed by atoms with Gasteiger partial charge in [-0.3, -0.25) is 4.79 Å². The van der Waals surface area contributed by atoms with Gasteiger partial charge in [0.25, 0.3) is 5.91 Å². The average Bonchev–Trinajstić information content (AvgIpc) is 2.40. The Labute approximate surface area is 126 Å². The molecule has 7 heteroatoms. The first-order chi connectivity index (χ1) is 8.70. The quantitative estimate of drug-likeness (QED) is 0.872. The number of carbonyl (C=O) groups is 1. The lowest BCUT2D eigenvalue weighted by Crippen LogP contribution is -2.45. The Balaban J connectivity index is 0.00000180. The van der Waals surface area contributed by atoms with Crippen LogP contribution in [0.2, 0.25) is 0 Å². The first kappa shape index (κ1) is 16.2. The van der Waals surface area contributed by atoms with Crippen LogP contribution in [0.1, 0.15) is 0 Å². The summed E-state index contributed by atoms with van der Waals surface area (Å²) in [6.07, 6.45) is -0.431. The van der Waals surface area contributed by atoms with Crippen molar-refractivity contribution in [1.29, 1.82) is 0 Å². The molecule has 1 aliphatic heterocycles. The van der Waals surface area contributed by atoms with Crippen LogP contribution in [0, 0.1) is 0 Å². The normalized spacial score (nSPS) is 18.3. The van der Waals surface area contributed by atoms with Gasteiger partial charge in [-0.05, 0) is 34.1 Å². The molecular formula is C12H16BrClN2O3. The van der Waals surface area contributed by atoms with E-state index in [1.807, 2.05) is 0 Å². The molecule has 2 N–H and O–H groups in total. The number of amides is 1. The molecule has 0 spiro atoms. The van der Waals surface area contributed by atoms with E-state index in [1.165, 1.54) is 0 Å². The minimum absolute atomic E-state index is 0. The zero-order valence-corrected chi connectivity index (χ0v) is 12.8. The smallest absolute Gasteiger partial charge is 0.254 e. The highest BCUT2D eigenvalue weighted by molar-refractivity contribution is 9.10. The van der Waals surface area contributed by atoms with E-state index >= 15 is 0 Å². The number of benzene rings is 1. The molecule has 1 unspecified atom stereocenters. The standard InChI is InChI=1S/C12H15BrN2O3.ClH/c1-17-10-3-2-8(6-9(10)13)15-12(16)11-7-14-4-5-18-11;/h2-3,6,11,14H,4-5,7H2,1H3,(H,15,16);1H. The summed E-state index contributed by atoms with van der Waals surface area (Å²) in [6.45, 7) is 1.89. The van der Waals surface area contributed by atoms with E-state index in [0.29, 0.717) is 18.8 Å². The molecule has 1 heterocycles. The van der Waals surface area contributed by atoms with Crippen LogP contribution in [0.3, 0.4) is 0 Å². The second kappa shape index (κ2) is 7.69. The number of morpholine rings is 1. The van der Waals surface area contributed by atoms with Crippen LogP contribution in [0.5, 0.6) is 5.75 Å². The number of ether oxygens (including phenoxy) is 2. The van der Waals surface area contributed by atoms with Gasteiger partial charge in [-0.15, -0.1) is 12.4 Å². The number of nitrogens with one attached hydrogen (secondary N) is 2. The monoisotopic (exact) mass is 350 g/mol. The highest BCUT2D eigenvalue weighted by Crippen LogP contribution is 2.27. The van der Waals surface area contributed by atoms with Crippen LogP contribution in [0.25, 0.3) is 0 Å². The molecule has 0 aliphatic carbocycles. The van der Waals surface area contributed by atoms with Crippen LogP contribution in [0.4, 0.5) is 5.69 Å². The molecule has 2 rings (SSSR count). The number of hydrogen-bond acceptors (Lipinski definition) is 4. The minimum atomic E-state index is -0.431. The number of hydrogen-bond donors (Lipinski definition) is 2. The molecule has 1 amide bonds. The van der Waals surface area contributed by atoms with Gasteiger partial charge in [-0.2, -0.15) is 0 Å². The number of carbonyl (C=O) groups excluding carboxylic acids is 1. The van der Waals surface area contributed by atoms with Crippen LogP contribution in [-0.2, 0) is 9.53 Å². The highest BCUT2D eigenvalue weighted by atomic mass is 79.9. The minimum Gasteiger partial charge on any atom is -0.496 e. The lowest BCUT2D eigenvalue weighted by atomic mass is 10.2. The largest absolute Gasteiger partial charge is 0.496 e. The Morgan fingerprint density at radius 1 is 1.58 bits per heavy atom. The SMILES string of the molecule is COc1ccc(NC(=O)C2CNCCO2)cc1Br.Cl. The van der Waals surface area contributed by atoms with Gasteiger partial charge in [0.05, 0.1) is 18.2 Å². The molecule has 1 aromatic rings. The third-order valence-electron chi connectivity index (χ3n) is 2.64. The van der Waals surface area contributed by atoms with Crippen LogP contribution in [-0.4, -0.2) is 38.8 Å². The summed E-state index contributed by atoms with van der Waals surface area (Å²) >= 11 is 3.37. The number of halogens is 2. The molecule has 1 atom stereocenters. The van der Waals surface area contributed by atoms with Crippen molar-refractivity contribution in [3.05, 3.63) is 22.7 Å². The summed E-state index contributed by atoms with van der Waals surface area (Å²) in [5.41, 5.74) is 0.710. The Hall–Kier alpha value is -0.820. The van der Waals surface area contributed by atoms with Crippen LogP contribution < -0.4 is 15.4 Å². The molecule has 5 nitrogen and oxygen atoms in total. The van der Waals surface area contributed by atoms with Gasteiger partial charge in [0.1, 0.15) is 11.9 Å². The highest BCUT2D eigenvalue weighted by Gasteiger charge is 2.21. The van der Waals surface area contributed by atoms with Crippen molar-refractivity contribution in [3.63, 3.8) is 0 Å². The Kier molecular flexibility index (Phi) is 6.57. The van der Waals surface area contributed by atoms with E-state index in [0.717, 1.165) is 16.8 Å². The predicted molar refractivity (Wildman–Crippen MR) is 79.2 cm³/mol. The number of anilines is 1. The summed E-state index contributed by atoms with van der Waals surface area (Å²) in [7, 11) is 1.60. The molecule has 19 heavy (non-hydrogen) atoms. The summed E-state index contributed by atoms with van der Waals surface area (Å²) in [6, 6.07) is 5.38. The maximum atomic E-state index is 11.9. The van der Waals surface area contributed by atoms with Crippen molar-refractivity contribution in [2.24, 2.45) is 0 Å². The third kappa shape index (κ3) is 4.35. The van der Waals surface area contributed by atoms with Gasteiger partial charge in [0.2, 0.25) is 0 Å². The summed E-state index contributed by atoms with van der Waals surface area (Å²) in [5, 5.41) is 5.93.